The first-order valence-electron chi connectivity index (χ1n) is 3.86. The van der Waals surface area contributed by atoms with Crippen molar-refractivity contribution in [2.75, 3.05) is 0 Å². The van der Waals surface area contributed by atoms with Crippen molar-refractivity contribution < 1.29 is 4.39 Å². The van der Waals surface area contributed by atoms with Crippen molar-refractivity contribution in [3.63, 3.8) is 0 Å². The van der Waals surface area contributed by atoms with E-state index >= 15 is 0 Å². The Balaban J connectivity index is 2.44. The first-order valence-corrected chi connectivity index (χ1v) is 4.24. The summed E-state index contributed by atoms with van der Waals surface area (Å²) in [5.41, 5.74) is 1.14. The molecule has 2 heterocycles. The molecule has 0 saturated carbocycles. The molecule has 70 valence electrons. The van der Waals surface area contributed by atoms with Crippen molar-refractivity contribution in [2.24, 2.45) is 0 Å². The number of halogens is 2. The van der Waals surface area contributed by atoms with E-state index in [-0.39, 0.29) is 11.1 Å². The lowest BCUT2D eigenvalue weighted by atomic mass is 10.2. The fraction of sp³-hybridized carbons (Fsp3) is 0. The summed E-state index contributed by atoms with van der Waals surface area (Å²) >= 11 is 5.60. The van der Waals surface area contributed by atoms with Crippen LogP contribution in [0.1, 0.15) is 0 Å². The van der Waals surface area contributed by atoms with Crippen LogP contribution in [0.25, 0.3) is 11.4 Å². The van der Waals surface area contributed by atoms with Crippen molar-refractivity contribution >= 4 is 11.6 Å². The van der Waals surface area contributed by atoms with Crippen LogP contribution in [0.15, 0.2) is 30.6 Å². The summed E-state index contributed by atoms with van der Waals surface area (Å²) in [5.74, 6) is -0.381. The predicted octanol–water partition coefficient (Wildman–Crippen LogP) is 2.33. The largest absolute Gasteiger partial charge is 0.252 e. The molecule has 0 radical (unpaired) electrons. The van der Waals surface area contributed by atoms with E-state index in [1.165, 1.54) is 18.3 Å². The number of pyridine rings is 1. The average molecular weight is 210 g/mol. The van der Waals surface area contributed by atoms with E-state index in [0.717, 1.165) is 6.20 Å². The van der Waals surface area contributed by atoms with Crippen LogP contribution in [0.3, 0.4) is 0 Å². The third-order valence-corrected chi connectivity index (χ3v) is 1.80. The molecular formula is C9H5ClFN3. The zero-order valence-corrected chi connectivity index (χ0v) is 7.74. The molecule has 2 aromatic rings. The second kappa shape index (κ2) is 3.67. The van der Waals surface area contributed by atoms with Crippen molar-refractivity contribution in [1.82, 2.24) is 15.0 Å². The van der Waals surface area contributed by atoms with E-state index in [2.05, 4.69) is 15.0 Å². The molecule has 14 heavy (non-hydrogen) atoms. The van der Waals surface area contributed by atoms with Crippen molar-refractivity contribution in [1.29, 1.82) is 0 Å². The molecule has 0 aliphatic rings. The topological polar surface area (TPSA) is 38.7 Å². The molecule has 0 amide bonds. The lowest BCUT2D eigenvalue weighted by Crippen LogP contribution is -1.89. The molecule has 3 nitrogen and oxygen atoms in total. The molecule has 0 aliphatic carbocycles. The molecule has 0 N–H and O–H groups in total. The molecule has 2 rings (SSSR count). The van der Waals surface area contributed by atoms with Gasteiger partial charge in [-0.15, -0.1) is 0 Å². The van der Waals surface area contributed by atoms with Crippen LogP contribution in [-0.2, 0) is 0 Å². The highest BCUT2D eigenvalue weighted by Crippen LogP contribution is 2.14. The minimum Gasteiger partial charge on any atom is -0.252 e. The highest BCUT2D eigenvalue weighted by atomic mass is 35.5. The summed E-state index contributed by atoms with van der Waals surface area (Å²) in [5, 5.41) is 0.147. The van der Waals surface area contributed by atoms with Gasteiger partial charge in [0.2, 0.25) is 5.28 Å². The molecule has 0 saturated heterocycles. The van der Waals surface area contributed by atoms with Gasteiger partial charge in [0.25, 0.3) is 0 Å². The Morgan fingerprint density at radius 2 is 1.93 bits per heavy atom. The highest BCUT2D eigenvalue weighted by molar-refractivity contribution is 6.28. The third kappa shape index (κ3) is 1.85. The van der Waals surface area contributed by atoms with Gasteiger partial charge in [-0.1, -0.05) is 0 Å². The zero-order chi connectivity index (χ0) is 9.97. The summed E-state index contributed by atoms with van der Waals surface area (Å²) in [7, 11) is 0. The second-order valence-electron chi connectivity index (χ2n) is 2.57. The molecule has 0 unspecified atom stereocenters. The standard InChI is InChI=1S/C9H5ClFN3/c10-9-12-4-3-8(14-9)7-2-1-6(11)5-13-7/h1-5H. The van der Waals surface area contributed by atoms with Gasteiger partial charge in [0.1, 0.15) is 5.82 Å². The van der Waals surface area contributed by atoms with Gasteiger partial charge in [-0.2, -0.15) is 0 Å². The van der Waals surface area contributed by atoms with E-state index in [1.54, 1.807) is 6.07 Å². The van der Waals surface area contributed by atoms with Gasteiger partial charge in [-0.05, 0) is 29.8 Å². The van der Waals surface area contributed by atoms with E-state index < -0.39 is 0 Å². The molecule has 5 heteroatoms. The predicted molar refractivity (Wildman–Crippen MR) is 50.2 cm³/mol. The van der Waals surface area contributed by atoms with Gasteiger partial charge >= 0.3 is 0 Å². The normalized spacial score (nSPS) is 10.1. The van der Waals surface area contributed by atoms with Gasteiger partial charge in [-0.25, -0.2) is 14.4 Å². The summed E-state index contributed by atoms with van der Waals surface area (Å²) in [6.07, 6.45) is 2.65. The van der Waals surface area contributed by atoms with Crippen molar-refractivity contribution in [2.45, 2.75) is 0 Å². The molecule has 0 fully saturated rings. The molecule has 2 aromatic heterocycles. The summed E-state index contributed by atoms with van der Waals surface area (Å²) < 4.78 is 12.6. The van der Waals surface area contributed by atoms with Gasteiger partial charge in [0, 0.05) is 6.20 Å². The Hall–Kier alpha value is -1.55. The van der Waals surface area contributed by atoms with E-state index in [9.17, 15) is 4.39 Å². The van der Waals surface area contributed by atoms with Gasteiger partial charge in [0.15, 0.2) is 0 Å². The lowest BCUT2D eigenvalue weighted by Gasteiger charge is -1.98. The maximum Gasteiger partial charge on any atom is 0.222 e. The summed E-state index contributed by atoms with van der Waals surface area (Å²) in [6, 6.07) is 4.51. The Kier molecular flexibility index (Phi) is 2.37. The van der Waals surface area contributed by atoms with Crippen LogP contribution in [0.5, 0.6) is 0 Å². The van der Waals surface area contributed by atoms with Crippen LogP contribution in [0, 0.1) is 5.82 Å². The van der Waals surface area contributed by atoms with Crippen LogP contribution in [0.4, 0.5) is 4.39 Å². The maximum atomic E-state index is 12.6. The average Bonchev–Trinajstić information content (AvgIpc) is 2.19. The Morgan fingerprint density at radius 1 is 1.07 bits per heavy atom. The molecule has 0 aromatic carbocycles. The number of rotatable bonds is 1. The van der Waals surface area contributed by atoms with Crippen LogP contribution in [0.2, 0.25) is 5.28 Å². The van der Waals surface area contributed by atoms with E-state index in [0.29, 0.717) is 11.4 Å². The van der Waals surface area contributed by atoms with E-state index in [1.807, 2.05) is 0 Å². The minimum atomic E-state index is -0.381. The van der Waals surface area contributed by atoms with Gasteiger partial charge < -0.3 is 0 Å². The quantitative estimate of drug-likeness (QED) is 0.677. The van der Waals surface area contributed by atoms with Crippen LogP contribution >= 0.6 is 11.6 Å². The Labute approximate surface area is 84.6 Å². The second-order valence-corrected chi connectivity index (χ2v) is 2.91. The third-order valence-electron chi connectivity index (χ3n) is 1.62. The van der Waals surface area contributed by atoms with Gasteiger partial charge in [-0.3, -0.25) is 4.98 Å². The smallest absolute Gasteiger partial charge is 0.222 e. The minimum absolute atomic E-state index is 0.147. The number of aromatic nitrogens is 3. The highest BCUT2D eigenvalue weighted by Gasteiger charge is 2.01. The zero-order valence-electron chi connectivity index (χ0n) is 6.98. The van der Waals surface area contributed by atoms with Crippen LogP contribution in [-0.4, -0.2) is 15.0 Å². The first kappa shape index (κ1) is 9.02. The Morgan fingerprint density at radius 3 is 2.57 bits per heavy atom. The fourth-order valence-electron chi connectivity index (χ4n) is 1.00. The first-order chi connectivity index (χ1) is 6.75. The fourth-order valence-corrected chi connectivity index (χ4v) is 1.15. The summed E-state index contributed by atoms with van der Waals surface area (Å²) in [4.78, 5) is 11.5. The van der Waals surface area contributed by atoms with Crippen molar-refractivity contribution in [3.05, 3.63) is 41.7 Å². The SMILES string of the molecule is Fc1ccc(-c2ccnc(Cl)n2)nc1. The van der Waals surface area contributed by atoms with E-state index in [4.69, 9.17) is 11.6 Å². The Bertz CT molecular complexity index is 444. The molecular weight excluding hydrogens is 205 g/mol. The monoisotopic (exact) mass is 209 g/mol. The lowest BCUT2D eigenvalue weighted by molar-refractivity contribution is 0.622. The molecule has 0 atom stereocenters. The summed E-state index contributed by atoms with van der Waals surface area (Å²) in [6.45, 7) is 0. The van der Waals surface area contributed by atoms with Crippen LogP contribution < -0.4 is 0 Å². The molecule has 0 bridgehead atoms. The van der Waals surface area contributed by atoms with Crippen molar-refractivity contribution in [3.8, 4) is 11.4 Å². The maximum absolute atomic E-state index is 12.6. The number of hydrogen-bond donors (Lipinski definition) is 0. The molecule has 0 aliphatic heterocycles. The molecule has 0 spiro atoms. The number of nitrogens with zero attached hydrogens (tertiary/aromatic N) is 3. The number of hydrogen-bond acceptors (Lipinski definition) is 3. The van der Waals surface area contributed by atoms with Gasteiger partial charge in [0.05, 0.1) is 17.6 Å².